The van der Waals surface area contributed by atoms with Crippen LogP contribution in [0.15, 0.2) is 46.9 Å². The summed E-state index contributed by atoms with van der Waals surface area (Å²) in [4.78, 5) is 17.0. The van der Waals surface area contributed by atoms with E-state index in [1.165, 1.54) is 18.2 Å². The van der Waals surface area contributed by atoms with E-state index < -0.39 is 29.4 Å². The van der Waals surface area contributed by atoms with Crippen LogP contribution in [0.5, 0.6) is 0 Å². The fourth-order valence-electron chi connectivity index (χ4n) is 5.17. The minimum absolute atomic E-state index is 0.189. The van der Waals surface area contributed by atoms with Crippen molar-refractivity contribution in [3.8, 4) is 0 Å². The highest BCUT2D eigenvalue weighted by Crippen LogP contribution is 2.39. The third-order valence-corrected chi connectivity index (χ3v) is 7.91. The second-order valence-corrected chi connectivity index (χ2v) is 10.7. The molecule has 0 aliphatic carbocycles. The van der Waals surface area contributed by atoms with E-state index in [0.29, 0.717) is 60.4 Å². The molecule has 2 aromatic carbocycles. The first-order valence-electron chi connectivity index (χ1n) is 12.5. The maximum atomic E-state index is 15.4. The molecule has 2 saturated heterocycles. The molecule has 2 aliphatic rings. The summed E-state index contributed by atoms with van der Waals surface area (Å²) in [7, 11) is 0. The summed E-state index contributed by atoms with van der Waals surface area (Å²) in [6.45, 7) is 5.17. The first-order chi connectivity index (χ1) is 18.1. The SMILES string of the molecule is C[C@](NC(=O)C(F)(F)c1cc2cc(Cl)ccc2o1)([C@H](O)c1ccc(N2CCOCC2)c(Cl)c1)N1CCCC1. The molecule has 3 aromatic rings. The van der Waals surface area contributed by atoms with Gasteiger partial charge in [-0.25, -0.2) is 0 Å². The number of alkyl halides is 2. The monoisotopic (exact) mass is 567 g/mol. The smallest absolute Gasteiger partial charge is 0.381 e. The van der Waals surface area contributed by atoms with Crippen LogP contribution in [0.25, 0.3) is 11.0 Å². The van der Waals surface area contributed by atoms with Crippen LogP contribution in [0.4, 0.5) is 14.5 Å². The Kier molecular flexibility index (Phi) is 7.59. The molecule has 1 amide bonds. The number of rotatable bonds is 7. The molecule has 2 fully saturated rings. The number of aliphatic hydroxyl groups is 1. The molecule has 2 N–H and O–H groups in total. The molecule has 1 aromatic heterocycles. The number of carbonyl (C=O) groups is 1. The van der Waals surface area contributed by atoms with Gasteiger partial charge >= 0.3 is 5.92 Å². The van der Waals surface area contributed by atoms with Gasteiger partial charge in [-0.05, 0) is 61.7 Å². The molecule has 2 aliphatic heterocycles. The lowest BCUT2D eigenvalue weighted by Crippen LogP contribution is -2.63. The van der Waals surface area contributed by atoms with Gasteiger partial charge in [0.05, 0.1) is 23.9 Å². The van der Waals surface area contributed by atoms with Crippen LogP contribution >= 0.6 is 23.2 Å². The molecule has 5 rings (SSSR count). The minimum atomic E-state index is -4.00. The van der Waals surface area contributed by atoms with Crippen molar-refractivity contribution in [3.05, 3.63) is 63.8 Å². The Morgan fingerprint density at radius 2 is 1.76 bits per heavy atom. The zero-order chi connectivity index (χ0) is 27.1. The number of likely N-dealkylation sites (tertiary alicyclic amines) is 1. The highest BCUT2D eigenvalue weighted by atomic mass is 35.5. The first kappa shape index (κ1) is 27.1. The zero-order valence-corrected chi connectivity index (χ0v) is 22.4. The molecule has 0 unspecified atom stereocenters. The highest BCUT2D eigenvalue weighted by Gasteiger charge is 2.50. The molecule has 7 nitrogen and oxygen atoms in total. The van der Waals surface area contributed by atoms with Gasteiger partial charge in [-0.15, -0.1) is 0 Å². The molecule has 0 radical (unpaired) electrons. The van der Waals surface area contributed by atoms with E-state index in [1.807, 2.05) is 4.90 Å². The predicted octanol–water partition coefficient (Wildman–Crippen LogP) is 5.33. The number of hydrogen-bond donors (Lipinski definition) is 2. The number of fused-ring (bicyclic) bond motifs is 1. The quantitative estimate of drug-likeness (QED) is 0.402. The standard InChI is InChI=1S/C27H29Cl2F2N3O4/c1-26(34-8-2-3-9-34,24(35)17-4-6-21(20(29)15-17)33-10-12-37-13-11-33)32-25(36)27(30,31)23-16-18-14-19(28)5-7-22(18)38-23/h4-7,14-16,24,35H,2-3,8-13H2,1H3,(H,32,36)/t24-,26-/m1/s1. The summed E-state index contributed by atoms with van der Waals surface area (Å²) < 4.78 is 41.5. The molecule has 11 heteroatoms. The lowest BCUT2D eigenvalue weighted by molar-refractivity contribution is -0.158. The largest absolute Gasteiger partial charge is 0.454 e. The summed E-state index contributed by atoms with van der Waals surface area (Å²) in [6.07, 6.45) is 0.289. The number of hydrogen-bond acceptors (Lipinski definition) is 6. The summed E-state index contributed by atoms with van der Waals surface area (Å²) >= 11 is 12.6. The van der Waals surface area contributed by atoms with Crippen molar-refractivity contribution in [2.75, 3.05) is 44.3 Å². The molecule has 204 valence electrons. The summed E-state index contributed by atoms with van der Waals surface area (Å²) in [6, 6.07) is 10.7. The normalized spacial score (nSPS) is 19.5. The Morgan fingerprint density at radius 3 is 2.45 bits per heavy atom. The van der Waals surface area contributed by atoms with Crippen molar-refractivity contribution in [1.29, 1.82) is 0 Å². The van der Waals surface area contributed by atoms with Gasteiger partial charge in [0.2, 0.25) is 0 Å². The molecule has 38 heavy (non-hydrogen) atoms. The maximum Gasteiger partial charge on any atom is 0.381 e. The third-order valence-electron chi connectivity index (χ3n) is 7.37. The van der Waals surface area contributed by atoms with Crippen LogP contribution in [-0.2, 0) is 15.5 Å². The summed E-state index contributed by atoms with van der Waals surface area (Å²) in [5.41, 5.74) is -0.136. The highest BCUT2D eigenvalue weighted by molar-refractivity contribution is 6.33. The second kappa shape index (κ2) is 10.6. The lowest BCUT2D eigenvalue weighted by atomic mass is 9.94. The van der Waals surface area contributed by atoms with E-state index in [1.54, 1.807) is 25.1 Å². The Labute approximate surface area is 229 Å². The number of nitrogens with zero attached hydrogens (tertiary/aromatic N) is 2. The van der Waals surface area contributed by atoms with E-state index in [0.717, 1.165) is 24.6 Å². The van der Waals surface area contributed by atoms with Crippen LogP contribution in [0, 0.1) is 0 Å². The number of furan rings is 1. The first-order valence-corrected chi connectivity index (χ1v) is 13.3. The fourth-order valence-corrected chi connectivity index (χ4v) is 5.66. The number of ether oxygens (including phenoxy) is 1. The Morgan fingerprint density at radius 1 is 1.05 bits per heavy atom. The number of amides is 1. The number of aliphatic hydroxyl groups excluding tert-OH is 1. The van der Waals surface area contributed by atoms with Crippen LogP contribution < -0.4 is 10.2 Å². The van der Waals surface area contributed by atoms with Gasteiger partial charge in [0.15, 0.2) is 5.76 Å². The van der Waals surface area contributed by atoms with Gasteiger partial charge < -0.3 is 24.5 Å². The predicted molar refractivity (Wildman–Crippen MR) is 142 cm³/mol. The number of halogens is 4. The Bertz CT molecular complexity index is 1320. The van der Waals surface area contributed by atoms with Crippen LogP contribution in [-0.4, -0.2) is 61.0 Å². The van der Waals surface area contributed by atoms with Crippen LogP contribution in [0.1, 0.15) is 37.2 Å². The number of nitrogens with one attached hydrogen (secondary N) is 1. The van der Waals surface area contributed by atoms with E-state index in [4.69, 9.17) is 32.4 Å². The summed E-state index contributed by atoms with van der Waals surface area (Å²) in [5.74, 6) is -6.38. The fraction of sp³-hybridized carbons (Fsp3) is 0.444. The number of benzene rings is 2. The van der Waals surface area contributed by atoms with Crippen molar-refractivity contribution >= 4 is 45.8 Å². The summed E-state index contributed by atoms with van der Waals surface area (Å²) in [5, 5.41) is 15.1. The van der Waals surface area contributed by atoms with E-state index in [2.05, 4.69) is 10.2 Å². The van der Waals surface area contributed by atoms with Gasteiger partial charge in [-0.2, -0.15) is 8.78 Å². The molecule has 0 saturated carbocycles. The third kappa shape index (κ3) is 5.10. The van der Waals surface area contributed by atoms with E-state index >= 15 is 8.78 Å². The van der Waals surface area contributed by atoms with Gasteiger partial charge in [0.1, 0.15) is 17.3 Å². The molecule has 2 atom stereocenters. The zero-order valence-electron chi connectivity index (χ0n) is 20.9. The lowest BCUT2D eigenvalue weighted by Gasteiger charge is -2.43. The average molecular weight is 568 g/mol. The minimum Gasteiger partial charge on any atom is -0.454 e. The maximum absolute atomic E-state index is 15.4. The molecular weight excluding hydrogens is 539 g/mol. The van der Waals surface area contributed by atoms with Crippen molar-refractivity contribution < 1.29 is 27.8 Å². The Balaban J connectivity index is 1.43. The van der Waals surface area contributed by atoms with Gasteiger partial charge in [0.25, 0.3) is 5.91 Å². The number of carbonyl (C=O) groups excluding carboxylic acids is 1. The van der Waals surface area contributed by atoms with Gasteiger partial charge in [-0.3, -0.25) is 9.69 Å². The van der Waals surface area contributed by atoms with Crippen molar-refractivity contribution in [2.24, 2.45) is 0 Å². The van der Waals surface area contributed by atoms with Gasteiger partial charge in [-0.1, -0.05) is 29.3 Å². The topological polar surface area (TPSA) is 78.2 Å². The van der Waals surface area contributed by atoms with E-state index in [-0.39, 0.29) is 5.58 Å². The van der Waals surface area contributed by atoms with Crippen molar-refractivity contribution in [1.82, 2.24) is 10.2 Å². The molecule has 0 spiro atoms. The van der Waals surface area contributed by atoms with Gasteiger partial charge in [0, 0.05) is 36.6 Å². The van der Waals surface area contributed by atoms with Crippen LogP contribution in [0.2, 0.25) is 10.0 Å². The molecule has 0 bridgehead atoms. The number of anilines is 1. The number of morpholine rings is 1. The Hall–Kier alpha value is -2.43. The average Bonchev–Trinajstić information content (AvgIpc) is 3.59. The molecular formula is C27H29Cl2F2N3O4. The van der Waals surface area contributed by atoms with Crippen molar-refractivity contribution in [3.63, 3.8) is 0 Å². The van der Waals surface area contributed by atoms with Crippen LogP contribution in [0.3, 0.4) is 0 Å². The second-order valence-electron chi connectivity index (χ2n) is 9.88. The molecule has 3 heterocycles. The van der Waals surface area contributed by atoms with E-state index in [9.17, 15) is 9.90 Å². The van der Waals surface area contributed by atoms with Crippen molar-refractivity contribution in [2.45, 2.75) is 37.5 Å².